The summed E-state index contributed by atoms with van der Waals surface area (Å²) < 4.78 is 5.11. The second-order valence-electron chi connectivity index (χ2n) is 3.26. The Morgan fingerprint density at radius 3 is 3.07 bits per heavy atom. The molecule has 2 rings (SSSR count). The van der Waals surface area contributed by atoms with Crippen molar-refractivity contribution in [1.82, 2.24) is 4.90 Å². The summed E-state index contributed by atoms with van der Waals surface area (Å²) in [6, 6.07) is 7.93. The second kappa shape index (κ2) is 4.38. The Morgan fingerprint density at radius 2 is 2.36 bits per heavy atom. The predicted molar refractivity (Wildman–Crippen MR) is 57.0 cm³/mol. The minimum absolute atomic E-state index is 0.761. The van der Waals surface area contributed by atoms with Crippen LogP contribution in [0.3, 0.4) is 0 Å². The van der Waals surface area contributed by atoms with Crippen molar-refractivity contribution in [3.63, 3.8) is 0 Å². The third-order valence-corrected chi connectivity index (χ3v) is 2.37. The molecular formula is C11H12ClNO. The van der Waals surface area contributed by atoms with E-state index in [1.54, 1.807) is 6.26 Å². The van der Waals surface area contributed by atoms with Crippen molar-refractivity contribution in [2.24, 2.45) is 0 Å². The maximum absolute atomic E-state index is 5.90. The summed E-state index contributed by atoms with van der Waals surface area (Å²) in [5.74, 6) is 0. The van der Waals surface area contributed by atoms with E-state index < -0.39 is 0 Å². The van der Waals surface area contributed by atoms with Gasteiger partial charge in [0.2, 0.25) is 0 Å². The molecule has 1 heterocycles. The van der Waals surface area contributed by atoms with Gasteiger partial charge in [-0.15, -0.1) is 0 Å². The lowest BCUT2D eigenvalue weighted by atomic mass is 10.2. The van der Waals surface area contributed by atoms with Gasteiger partial charge in [-0.05, 0) is 17.7 Å². The smallest absolute Gasteiger partial charge is 0.105 e. The number of halogens is 1. The largest absolute Gasteiger partial charge is 0.498 e. The van der Waals surface area contributed by atoms with Gasteiger partial charge in [0.05, 0.1) is 12.8 Å². The normalized spacial score (nSPS) is 15.4. The molecule has 0 radical (unpaired) electrons. The first-order chi connectivity index (χ1) is 6.84. The lowest BCUT2D eigenvalue weighted by Gasteiger charge is -2.23. The molecule has 0 N–H and O–H groups in total. The zero-order valence-electron chi connectivity index (χ0n) is 7.82. The van der Waals surface area contributed by atoms with E-state index in [4.69, 9.17) is 16.3 Å². The average Bonchev–Trinajstić information content (AvgIpc) is 2.19. The van der Waals surface area contributed by atoms with Crippen molar-refractivity contribution in [2.45, 2.75) is 6.54 Å². The number of benzene rings is 1. The molecule has 0 amide bonds. The van der Waals surface area contributed by atoms with Gasteiger partial charge in [-0.25, -0.2) is 0 Å². The van der Waals surface area contributed by atoms with Crippen LogP contribution >= 0.6 is 11.6 Å². The SMILES string of the molecule is Clc1cccc(CN2C=COCC2)c1. The molecule has 1 aromatic rings. The van der Waals surface area contributed by atoms with Gasteiger partial charge in [0.15, 0.2) is 0 Å². The van der Waals surface area contributed by atoms with E-state index in [-0.39, 0.29) is 0 Å². The van der Waals surface area contributed by atoms with Crippen LogP contribution in [0.2, 0.25) is 5.02 Å². The molecule has 0 aromatic heterocycles. The van der Waals surface area contributed by atoms with Gasteiger partial charge in [-0.2, -0.15) is 0 Å². The molecule has 1 aliphatic rings. The highest BCUT2D eigenvalue weighted by Gasteiger charge is 2.04. The van der Waals surface area contributed by atoms with E-state index in [9.17, 15) is 0 Å². The summed E-state index contributed by atoms with van der Waals surface area (Å²) in [5.41, 5.74) is 1.23. The zero-order valence-corrected chi connectivity index (χ0v) is 8.57. The Labute approximate surface area is 88.7 Å². The molecule has 74 valence electrons. The summed E-state index contributed by atoms with van der Waals surface area (Å²) in [6.45, 7) is 2.58. The predicted octanol–water partition coefficient (Wildman–Crippen LogP) is 2.64. The maximum Gasteiger partial charge on any atom is 0.105 e. The Hall–Kier alpha value is -1.15. The molecule has 1 aliphatic heterocycles. The molecule has 0 spiro atoms. The topological polar surface area (TPSA) is 12.5 Å². The molecular weight excluding hydrogens is 198 g/mol. The molecule has 1 aromatic carbocycles. The highest BCUT2D eigenvalue weighted by atomic mass is 35.5. The molecule has 2 nitrogen and oxygen atoms in total. The summed E-state index contributed by atoms with van der Waals surface area (Å²) in [6.07, 6.45) is 3.69. The fourth-order valence-corrected chi connectivity index (χ4v) is 1.66. The van der Waals surface area contributed by atoms with Crippen LogP contribution in [-0.4, -0.2) is 18.1 Å². The van der Waals surface area contributed by atoms with Crippen molar-refractivity contribution in [1.29, 1.82) is 0 Å². The van der Waals surface area contributed by atoms with Gasteiger partial charge < -0.3 is 9.64 Å². The Bertz CT molecular complexity index is 338. The third kappa shape index (κ3) is 2.42. The first kappa shape index (κ1) is 9.41. The minimum atomic E-state index is 0.761. The van der Waals surface area contributed by atoms with E-state index in [2.05, 4.69) is 11.0 Å². The highest BCUT2D eigenvalue weighted by molar-refractivity contribution is 6.30. The molecule has 0 fully saturated rings. The molecule has 0 saturated heterocycles. The Morgan fingerprint density at radius 1 is 1.43 bits per heavy atom. The van der Waals surface area contributed by atoms with Gasteiger partial charge in [-0.3, -0.25) is 0 Å². The summed E-state index contributed by atoms with van der Waals surface area (Å²) in [7, 11) is 0. The van der Waals surface area contributed by atoms with Crippen molar-refractivity contribution < 1.29 is 4.74 Å². The average molecular weight is 210 g/mol. The van der Waals surface area contributed by atoms with Gasteiger partial charge >= 0.3 is 0 Å². The van der Waals surface area contributed by atoms with Crippen LogP contribution in [0.1, 0.15) is 5.56 Å². The molecule has 14 heavy (non-hydrogen) atoms. The number of rotatable bonds is 2. The monoisotopic (exact) mass is 209 g/mol. The lowest BCUT2D eigenvalue weighted by Crippen LogP contribution is -2.24. The third-order valence-electron chi connectivity index (χ3n) is 2.14. The molecule has 3 heteroatoms. The minimum Gasteiger partial charge on any atom is -0.498 e. The molecule has 0 bridgehead atoms. The molecule has 0 aliphatic carbocycles. The van der Waals surface area contributed by atoms with Crippen LogP contribution in [0, 0.1) is 0 Å². The van der Waals surface area contributed by atoms with Gasteiger partial charge in [0, 0.05) is 17.8 Å². The van der Waals surface area contributed by atoms with Crippen LogP contribution in [0.15, 0.2) is 36.7 Å². The molecule has 0 unspecified atom stereocenters. The van der Waals surface area contributed by atoms with Crippen LogP contribution in [-0.2, 0) is 11.3 Å². The zero-order chi connectivity index (χ0) is 9.80. The first-order valence-corrected chi connectivity index (χ1v) is 4.99. The van der Waals surface area contributed by atoms with E-state index in [1.807, 2.05) is 24.4 Å². The van der Waals surface area contributed by atoms with Crippen molar-refractivity contribution in [3.8, 4) is 0 Å². The number of hydrogen-bond acceptors (Lipinski definition) is 2. The van der Waals surface area contributed by atoms with Gasteiger partial charge in [-0.1, -0.05) is 23.7 Å². The van der Waals surface area contributed by atoms with E-state index in [0.717, 1.165) is 24.7 Å². The fraction of sp³-hybridized carbons (Fsp3) is 0.273. The first-order valence-electron chi connectivity index (χ1n) is 4.61. The van der Waals surface area contributed by atoms with Crippen LogP contribution in [0.5, 0.6) is 0 Å². The quantitative estimate of drug-likeness (QED) is 0.743. The van der Waals surface area contributed by atoms with Crippen LogP contribution in [0.25, 0.3) is 0 Å². The Balaban J connectivity index is 2.02. The molecule has 0 saturated carbocycles. The summed E-state index contributed by atoms with van der Waals surface area (Å²) in [5, 5.41) is 0.791. The van der Waals surface area contributed by atoms with Crippen molar-refractivity contribution in [3.05, 3.63) is 47.3 Å². The van der Waals surface area contributed by atoms with Crippen molar-refractivity contribution in [2.75, 3.05) is 13.2 Å². The number of nitrogens with zero attached hydrogens (tertiary/aromatic N) is 1. The van der Waals surface area contributed by atoms with Gasteiger partial charge in [0.25, 0.3) is 0 Å². The second-order valence-corrected chi connectivity index (χ2v) is 3.69. The molecule has 0 atom stereocenters. The summed E-state index contributed by atoms with van der Waals surface area (Å²) >= 11 is 5.90. The lowest BCUT2D eigenvalue weighted by molar-refractivity contribution is 0.169. The maximum atomic E-state index is 5.90. The standard InChI is InChI=1S/C11H12ClNO/c12-11-3-1-2-10(8-11)9-13-4-6-14-7-5-13/h1-4,6,8H,5,7,9H2. The van der Waals surface area contributed by atoms with Crippen LogP contribution in [0.4, 0.5) is 0 Å². The van der Waals surface area contributed by atoms with E-state index >= 15 is 0 Å². The van der Waals surface area contributed by atoms with E-state index in [0.29, 0.717) is 0 Å². The van der Waals surface area contributed by atoms with Crippen LogP contribution < -0.4 is 0 Å². The van der Waals surface area contributed by atoms with Gasteiger partial charge in [0.1, 0.15) is 6.61 Å². The highest BCUT2D eigenvalue weighted by Crippen LogP contribution is 2.13. The number of ether oxygens (including phenoxy) is 1. The van der Waals surface area contributed by atoms with E-state index in [1.165, 1.54) is 5.56 Å². The summed E-state index contributed by atoms with van der Waals surface area (Å²) in [4.78, 5) is 2.20. The number of hydrogen-bond donors (Lipinski definition) is 0. The fourth-order valence-electron chi connectivity index (χ4n) is 1.44. The van der Waals surface area contributed by atoms with Crippen molar-refractivity contribution >= 4 is 11.6 Å². The Kier molecular flexibility index (Phi) is 2.94.